The average molecular weight is 790 g/mol. The number of hydrogen-bond donors (Lipinski definition) is 3. The van der Waals surface area contributed by atoms with Crippen LogP contribution in [-0.4, -0.2) is 89.7 Å². The number of carbonyl (C=O) groups is 5. The number of nitrogens with one attached hydrogen (secondary N) is 1. The predicted molar refractivity (Wildman–Crippen MR) is 197 cm³/mol. The van der Waals surface area contributed by atoms with E-state index in [1.165, 1.54) is 101 Å². The fourth-order valence-electron chi connectivity index (χ4n) is 7.01. The first kappa shape index (κ1) is 39.4. The molecule has 0 unspecified atom stereocenters. The lowest BCUT2D eigenvalue weighted by Gasteiger charge is -2.46. The van der Waals surface area contributed by atoms with Gasteiger partial charge in [0.05, 0.1) is 33.5 Å². The molecule has 0 saturated carbocycles. The number of benzene rings is 3. The second-order valence-electron chi connectivity index (χ2n) is 13.5. The standard InChI is InChI=1S/C37H35N5O13S/c1-19-30-29(20(2)43)34(45)40(30)31(36(48)54-17-21-6-10-25(11-7-21)41(50)51)32(19)56-27-15-28(33(44)38-24-5-3-4-23(14-24)35(46)47)39(16-27)37(49)55-18-22-8-12-26(13-9-22)42(52)53/h3-14,19-20,27-30,43H,15-18H2,1-2H3,(H,38,44)(H,46,47)/t19-,20-,27+,28+,29-,30+/m1/s1. The fraction of sp³-hybridized carbons (Fsp3) is 0.324. The van der Waals surface area contributed by atoms with Gasteiger partial charge < -0.3 is 29.9 Å². The van der Waals surface area contributed by atoms with Crippen LogP contribution in [0, 0.1) is 32.1 Å². The highest BCUT2D eigenvalue weighted by molar-refractivity contribution is 8.03. The number of nitrogens with zero attached hydrogens (tertiary/aromatic N) is 4. The van der Waals surface area contributed by atoms with Gasteiger partial charge in [0.25, 0.3) is 11.4 Å². The summed E-state index contributed by atoms with van der Waals surface area (Å²) in [5.74, 6) is -4.44. The summed E-state index contributed by atoms with van der Waals surface area (Å²) in [6.07, 6.45) is -1.86. The van der Waals surface area contributed by atoms with Gasteiger partial charge in [-0.15, -0.1) is 11.8 Å². The Kier molecular flexibility index (Phi) is 11.4. The third-order valence-electron chi connectivity index (χ3n) is 9.80. The highest BCUT2D eigenvalue weighted by Crippen LogP contribution is 2.52. The number of hydrogen-bond acceptors (Lipinski definition) is 13. The van der Waals surface area contributed by atoms with E-state index in [1.807, 2.05) is 0 Å². The normalized spacial score (nSPS) is 21.8. The number of nitro benzene ring substituents is 2. The summed E-state index contributed by atoms with van der Waals surface area (Å²) in [5.41, 5.74) is 0.658. The number of fused-ring (bicyclic) bond motifs is 1. The monoisotopic (exact) mass is 789 g/mol. The molecule has 6 rings (SSSR count). The second kappa shape index (κ2) is 16.2. The van der Waals surface area contributed by atoms with Crippen molar-refractivity contribution >= 4 is 58.7 Å². The molecule has 3 aromatic carbocycles. The molecule has 3 heterocycles. The number of carbonyl (C=O) groups excluding carboxylic acids is 4. The van der Waals surface area contributed by atoms with Gasteiger partial charge in [0.2, 0.25) is 11.8 Å². The van der Waals surface area contributed by atoms with Gasteiger partial charge in [-0.25, -0.2) is 14.4 Å². The largest absolute Gasteiger partial charge is 0.478 e. The first-order valence-electron chi connectivity index (χ1n) is 17.3. The van der Waals surface area contributed by atoms with Crippen molar-refractivity contribution in [1.29, 1.82) is 0 Å². The van der Waals surface area contributed by atoms with Crippen LogP contribution in [0.15, 0.2) is 83.4 Å². The van der Waals surface area contributed by atoms with E-state index in [-0.39, 0.29) is 54.5 Å². The number of nitro groups is 2. The molecule has 18 nitrogen and oxygen atoms in total. The van der Waals surface area contributed by atoms with Crippen LogP contribution in [0.25, 0.3) is 0 Å². The van der Waals surface area contributed by atoms with Gasteiger partial charge in [-0.3, -0.25) is 34.7 Å². The van der Waals surface area contributed by atoms with E-state index < -0.39 is 75.0 Å². The SMILES string of the molecule is C[C@@H](O)[C@H]1C(=O)N2C(C(=O)OCc3ccc([N+](=O)[O-])cc3)=C(S[C@H]3C[C@@H](C(=O)Nc4cccc(C(=O)O)c4)N(C(=O)OCc4ccc([N+](=O)[O-])cc4)C3)[C@H](C)[C@@H]12. The minimum absolute atomic E-state index is 0.0398. The van der Waals surface area contributed by atoms with Crippen LogP contribution < -0.4 is 5.32 Å². The number of aliphatic hydroxyl groups is 1. The van der Waals surface area contributed by atoms with Crippen molar-refractivity contribution < 1.29 is 53.5 Å². The van der Waals surface area contributed by atoms with E-state index in [2.05, 4.69) is 5.32 Å². The molecule has 6 atom stereocenters. The van der Waals surface area contributed by atoms with Crippen molar-refractivity contribution in [2.45, 2.75) is 56.9 Å². The molecule has 56 heavy (non-hydrogen) atoms. The van der Waals surface area contributed by atoms with Crippen LogP contribution in [0.2, 0.25) is 0 Å². The maximum absolute atomic E-state index is 13.8. The highest BCUT2D eigenvalue weighted by atomic mass is 32.2. The number of ether oxygens (including phenoxy) is 2. The van der Waals surface area contributed by atoms with Crippen LogP contribution in [0.5, 0.6) is 0 Å². The number of non-ortho nitro benzene ring substituents is 2. The topological polar surface area (TPSA) is 249 Å². The zero-order valence-corrected chi connectivity index (χ0v) is 30.6. The number of β-lactam (4-membered cyclic amide) rings is 1. The van der Waals surface area contributed by atoms with Gasteiger partial charge in [-0.1, -0.05) is 13.0 Å². The third-order valence-corrected chi connectivity index (χ3v) is 11.3. The van der Waals surface area contributed by atoms with Gasteiger partial charge in [-0.2, -0.15) is 0 Å². The molecular weight excluding hydrogens is 754 g/mol. The van der Waals surface area contributed by atoms with Gasteiger partial charge in [-0.05, 0) is 66.9 Å². The number of carboxylic acid groups (broad SMARTS) is 1. The van der Waals surface area contributed by atoms with Gasteiger partial charge in [0.15, 0.2) is 0 Å². The number of carboxylic acids is 1. The van der Waals surface area contributed by atoms with Crippen molar-refractivity contribution in [3.63, 3.8) is 0 Å². The Balaban J connectivity index is 1.25. The molecule has 0 bridgehead atoms. The minimum atomic E-state index is -1.21. The molecule has 0 aromatic heterocycles. The van der Waals surface area contributed by atoms with E-state index >= 15 is 0 Å². The number of anilines is 1. The number of aliphatic hydroxyl groups excluding tert-OH is 1. The Morgan fingerprint density at radius 3 is 2.09 bits per heavy atom. The summed E-state index contributed by atoms with van der Waals surface area (Å²) in [5, 5.41) is 44.1. The molecule has 3 amide bonds. The summed E-state index contributed by atoms with van der Waals surface area (Å²) in [6, 6.07) is 14.6. The number of amides is 3. The number of thioether (sulfide) groups is 1. The van der Waals surface area contributed by atoms with Crippen LogP contribution >= 0.6 is 11.8 Å². The van der Waals surface area contributed by atoms with Crippen molar-refractivity contribution in [2.75, 3.05) is 11.9 Å². The van der Waals surface area contributed by atoms with Crippen LogP contribution in [0.3, 0.4) is 0 Å². The summed E-state index contributed by atoms with van der Waals surface area (Å²) in [7, 11) is 0. The summed E-state index contributed by atoms with van der Waals surface area (Å²) >= 11 is 1.18. The zero-order chi connectivity index (χ0) is 40.4. The third kappa shape index (κ3) is 8.03. The molecule has 2 fully saturated rings. The fourth-order valence-corrected chi connectivity index (χ4v) is 8.53. The first-order valence-corrected chi connectivity index (χ1v) is 18.2. The van der Waals surface area contributed by atoms with E-state index in [4.69, 9.17) is 9.47 Å². The number of rotatable bonds is 13. The zero-order valence-electron chi connectivity index (χ0n) is 29.8. The molecule has 3 N–H and O–H groups in total. The quantitative estimate of drug-likeness (QED) is 0.0936. The predicted octanol–water partition coefficient (Wildman–Crippen LogP) is 4.47. The molecule has 19 heteroatoms. The average Bonchev–Trinajstić information content (AvgIpc) is 3.70. The Morgan fingerprint density at radius 2 is 1.54 bits per heavy atom. The molecule has 3 aliphatic rings. The molecule has 3 aromatic rings. The lowest BCUT2D eigenvalue weighted by atomic mass is 9.79. The van der Waals surface area contributed by atoms with Crippen molar-refractivity contribution in [3.05, 3.63) is 120 Å². The first-order chi connectivity index (χ1) is 26.6. The molecular formula is C37H35N5O13S. The smallest absolute Gasteiger partial charge is 0.410 e. The molecule has 0 radical (unpaired) electrons. The van der Waals surface area contributed by atoms with Crippen molar-refractivity contribution in [3.8, 4) is 0 Å². The second-order valence-corrected chi connectivity index (χ2v) is 14.8. The number of likely N-dealkylation sites (tertiary alicyclic amines) is 1. The Bertz CT molecular complexity index is 2120. The van der Waals surface area contributed by atoms with Crippen LogP contribution in [-0.2, 0) is 37.1 Å². The number of esters is 1. The maximum atomic E-state index is 13.8. The summed E-state index contributed by atoms with van der Waals surface area (Å²) in [4.78, 5) is 89.9. The lowest BCUT2D eigenvalue weighted by Crippen LogP contribution is -2.63. The molecule has 2 saturated heterocycles. The maximum Gasteiger partial charge on any atom is 0.410 e. The van der Waals surface area contributed by atoms with Gasteiger partial charge in [0.1, 0.15) is 25.0 Å². The van der Waals surface area contributed by atoms with E-state index in [1.54, 1.807) is 6.92 Å². The number of aromatic carboxylic acids is 1. The Morgan fingerprint density at radius 1 is 0.946 bits per heavy atom. The molecule has 0 spiro atoms. The van der Waals surface area contributed by atoms with Crippen molar-refractivity contribution in [1.82, 2.24) is 9.80 Å². The van der Waals surface area contributed by atoms with E-state index in [0.29, 0.717) is 16.0 Å². The Hall–Kier alpha value is -6.34. The van der Waals surface area contributed by atoms with E-state index in [0.717, 1.165) is 0 Å². The van der Waals surface area contributed by atoms with Crippen LogP contribution in [0.1, 0.15) is 41.8 Å². The van der Waals surface area contributed by atoms with Crippen LogP contribution in [0.4, 0.5) is 21.9 Å². The minimum Gasteiger partial charge on any atom is -0.478 e. The van der Waals surface area contributed by atoms with Gasteiger partial charge in [0, 0.05) is 52.6 Å². The molecule has 3 aliphatic heterocycles. The molecule has 0 aliphatic carbocycles. The lowest BCUT2D eigenvalue weighted by molar-refractivity contribution is -0.385. The molecule has 292 valence electrons. The van der Waals surface area contributed by atoms with Gasteiger partial charge >= 0.3 is 18.0 Å². The Labute approximate surface area is 322 Å². The summed E-state index contributed by atoms with van der Waals surface area (Å²) < 4.78 is 11.1. The summed E-state index contributed by atoms with van der Waals surface area (Å²) in [6.45, 7) is 2.69. The highest BCUT2D eigenvalue weighted by Gasteiger charge is 2.60. The van der Waals surface area contributed by atoms with E-state index in [9.17, 15) is 54.4 Å². The van der Waals surface area contributed by atoms with Crippen molar-refractivity contribution in [2.24, 2.45) is 11.8 Å².